The topological polar surface area (TPSA) is 48.0 Å². The maximum Gasteiger partial charge on any atom is 0.231 e. The number of rotatable bonds is 5. The number of hydrogen-bond donors (Lipinski definition) is 0. The molecule has 0 unspecified atom stereocenters. The molecule has 0 aliphatic carbocycles. The molecule has 0 atom stereocenters. The number of benzene rings is 3. The van der Waals surface area contributed by atoms with Gasteiger partial charge in [0.2, 0.25) is 5.78 Å². The van der Waals surface area contributed by atoms with Crippen LogP contribution in [0.2, 0.25) is 0 Å². The predicted octanol–water partition coefficient (Wildman–Crippen LogP) is 5.15. The largest absolute Gasteiger partial charge is 0.497 e. The number of fused-ring (bicyclic) bond motifs is 2. The van der Waals surface area contributed by atoms with Gasteiger partial charge in [0.05, 0.1) is 12.7 Å². The van der Waals surface area contributed by atoms with Crippen molar-refractivity contribution in [1.82, 2.24) is 4.90 Å². The molecular formula is C27H24FNO4. The van der Waals surface area contributed by atoms with Crippen molar-refractivity contribution in [2.24, 2.45) is 0 Å². The van der Waals surface area contributed by atoms with E-state index in [-0.39, 0.29) is 17.4 Å². The molecule has 0 saturated carbocycles. The lowest BCUT2D eigenvalue weighted by Gasteiger charge is -2.30. The van der Waals surface area contributed by atoms with Crippen LogP contribution in [0.3, 0.4) is 0 Å². The van der Waals surface area contributed by atoms with Crippen molar-refractivity contribution < 1.29 is 23.4 Å². The molecule has 3 aromatic rings. The molecule has 33 heavy (non-hydrogen) atoms. The highest BCUT2D eigenvalue weighted by atomic mass is 19.1. The normalized spacial score (nSPS) is 16.2. The van der Waals surface area contributed by atoms with Crippen molar-refractivity contribution in [3.05, 3.63) is 94.0 Å². The zero-order valence-corrected chi connectivity index (χ0v) is 18.6. The maximum atomic E-state index is 13.2. The van der Waals surface area contributed by atoms with E-state index >= 15 is 0 Å². The van der Waals surface area contributed by atoms with Crippen LogP contribution in [0.1, 0.15) is 32.6 Å². The highest BCUT2D eigenvalue weighted by molar-refractivity contribution is 6.15. The molecule has 2 aliphatic rings. The van der Waals surface area contributed by atoms with E-state index in [1.165, 1.54) is 17.7 Å². The zero-order valence-electron chi connectivity index (χ0n) is 18.6. The molecule has 2 aliphatic heterocycles. The highest BCUT2D eigenvalue weighted by Crippen LogP contribution is 2.43. The van der Waals surface area contributed by atoms with Crippen LogP contribution < -0.4 is 14.2 Å². The quantitative estimate of drug-likeness (QED) is 0.508. The molecule has 0 saturated heterocycles. The van der Waals surface area contributed by atoms with Crippen molar-refractivity contribution in [3.8, 4) is 17.2 Å². The minimum atomic E-state index is -0.323. The average molecular weight is 445 g/mol. The van der Waals surface area contributed by atoms with Gasteiger partial charge in [-0.25, -0.2) is 4.39 Å². The summed E-state index contributed by atoms with van der Waals surface area (Å²) in [5.74, 6) is 1.91. The van der Waals surface area contributed by atoms with Crippen LogP contribution >= 0.6 is 0 Å². The summed E-state index contributed by atoms with van der Waals surface area (Å²) in [7, 11) is 1.66. The van der Waals surface area contributed by atoms with Gasteiger partial charge >= 0.3 is 0 Å². The van der Waals surface area contributed by atoms with E-state index < -0.39 is 0 Å². The standard InChI is InChI=1S/C27H24FNO4/c1-17-26-20(15-29(16-32-26)12-11-18-5-9-22(31-2)10-6-18)14-23-25(30)24(33-27(17)23)13-19-3-7-21(28)8-4-19/h3-10,13-14H,11-12,15-16H2,1-2H3/b24-13-. The second kappa shape index (κ2) is 8.71. The van der Waals surface area contributed by atoms with Gasteiger partial charge in [0.15, 0.2) is 5.76 Å². The second-order valence-electron chi connectivity index (χ2n) is 8.28. The van der Waals surface area contributed by atoms with E-state index in [0.29, 0.717) is 30.2 Å². The van der Waals surface area contributed by atoms with Crippen LogP contribution in [0.15, 0.2) is 60.4 Å². The number of methoxy groups -OCH3 is 1. The first-order chi connectivity index (χ1) is 16.0. The third kappa shape index (κ3) is 4.22. The van der Waals surface area contributed by atoms with Crippen LogP contribution in [0.5, 0.6) is 17.2 Å². The Bertz CT molecular complexity index is 1230. The zero-order chi connectivity index (χ0) is 22.9. The number of halogens is 1. The number of carbonyl (C=O) groups excluding carboxylic acids is 1. The fourth-order valence-electron chi connectivity index (χ4n) is 4.23. The molecule has 0 fully saturated rings. The Labute approximate surface area is 192 Å². The second-order valence-corrected chi connectivity index (χ2v) is 8.28. The number of nitrogens with zero attached hydrogens (tertiary/aromatic N) is 1. The molecule has 5 rings (SSSR count). The van der Waals surface area contributed by atoms with Gasteiger partial charge in [-0.1, -0.05) is 24.3 Å². The Morgan fingerprint density at radius 1 is 1.09 bits per heavy atom. The molecule has 2 heterocycles. The highest BCUT2D eigenvalue weighted by Gasteiger charge is 2.33. The van der Waals surface area contributed by atoms with Gasteiger partial charge in [-0.05, 0) is 60.9 Å². The fourth-order valence-corrected chi connectivity index (χ4v) is 4.23. The first-order valence-corrected chi connectivity index (χ1v) is 10.9. The first-order valence-electron chi connectivity index (χ1n) is 10.9. The molecule has 0 amide bonds. The molecular weight excluding hydrogens is 421 g/mol. The Hall–Kier alpha value is -3.64. The Morgan fingerprint density at radius 2 is 1.85 bits per heavy atom. The molecule has 5 nitrogen and oxygen atoms in total. The van der Waals surface area contributed by atoms with Crippen molar-refractivity contribution in [2.45, 2.75) is 19.9 Å². The smallest absolute Gasteiger partial charge is 0.231 e. The van der Waals surface area contributed by atoms with Crippen LogP contribution in [-0.4, -0.2) is 31.1 Å². The van der Waals surface area contributed by atoms with E-state index in [1.54, 1.807) is 25.3 Å². The maximum absolute atomic E-state index is 13.2. The van der Waals surface area contributed by atoms with Crippen molar-refractivity contribution in [2.75, 3.05) is 20.4 Å². The Kier molecular flexibility index (Phi) is 5.60. The summed E-state index contributed by atoms with van der Waals surface area (Å²) in [6.45, 7) is 3.93. The molecule has 0 radical (unpaired) electrons. The van der Waals surface area contributed by atoms with Gasteiger partial charge in [0, 0.05) is 24.2 Å². The molecule has 6 heteroatoms. The Morgan fingerprint density at radius 3 is 2.58 bits per heavy atom. The summed E-state index contributed by atoms with van der Waals surface area (Å²) in [6, 6.07) is 15.9. The number of hydrogen-bond acceptors (Lipinski definition) is 5. The molecule has 3 aromatic carbocycles. The van der Waals surface area contributed by atoms with E-state index in [9.17, 15) is 9.18 Å². The lowest BCUT2D eigenvalue weighted by molar-refractivity contribution is 0.0954. The van der Waals surface area contributed by atoms with Crippen LogP contribution in [-0.2, 0) is 13.0 Å². The number of Topliss-reactive ketones (excluding diaryl/α,β-unsaturated/α-hetero) is 1. The summed E-state index contributed by atoms with van der Waals surface area (Å²) < 4.78 is 30.4. The lowest BCUT2D eigenvalue weighted by atomic mass is 10.00. The van der Waals surface area contributed by atoms with Gasteiger partial charge in [-0.2, -0.15) is 0 Å². The summed E-state index contributed by atoms with van der Waals surface area (Å²) in [5.41, 5.74) is 4.28. The molecule has 0 spiro atoms. The number of ether oxygens (including phenoxy) is 3. The summed E-state index contributed by atoms with van der Waals surface area (Å²) in [5, 5.41) is 0. The van der Waals surface area contributed by atoms with Crippen LogP contribution in [0.25, 0.3) is 6.08 Å². The van der Waals surface area contributed by atoms with Gasteiger partial charge in [-0.3, -0.25) is 9.69 Å². The lowest BCUT2D eigenvalue weighted by Crippen LogP contribution is -2.34. The SMILES string of the molecule is COc1ccc(CCN2COc3c(cc4c(c3C)O/C(=C\c3ccc(F)cc3)C4=O)C2)cc1. The fraction of sp³-hybridized carbons (Fsp3) is 0.222. The van der Waals surface area contributed by atoms with E-state index in [1.807, 2.05) is 25.1 Å². The average Bonchev–Trinajstić information content (AvgIpc) is 3.15. The Balaban J connectivity index is 1.33. The summed E-state index contributed by atoms with van der Waals surface area (Å²) in [4.78, 5) is 15.2. The molecule has 168 valence electrons. The van der Waals surface area contributed by atoms with Crippen molar-refractivity contribution in [1.29, 1.82) is 0 Å². The van der Waals surface area contributed by atoms with Gasteiger partial charge in [0.25, 0.3) is 0 Å². The van der Waals surface area contributed by atoms with E-state index in [0.717, 1.165) is 35.6 Å². The number of ketones is 1. The van der Waals surface area contributed by atoms with E-state index in [4.69, 9.17) is 14.2 Å². The van der Waals surface area contributed by atoms with E-state index in [2.05, 4.69) is 17.0 Å². The van der Waals surface area contributed by atoms with Gasteiger partial charge < -0.3 is 14.2 Å². The minimum Gasteiger partial charge on any atom is -0.497 e. The monoisotopic (exact) mass is 445 g/mol. The summed E-state index contributed by atoms with van der Waals surface area (Å²) in [6.07, 6.45) is 2.53. The third-order valence-corrected chi connectivity index (χ3v) is 6.05. The van der Waals surface area contributed by atoms with Crippen molar-refractivity contribution in [3.63, 3.8) is 0 Å². The number of allylic oxidation sites excluding steroid dienone is 1. The molecule has 0 bridgehead atoms. The van der Waals surface area contributed by atoms with Gasteiger partial charge in [0.1, 0.15) is 29.8 Å². The van der Waals surface area contributed by atoms with Crippen LogP contribution in [0.4, 0.5) is 4.39 Å². The minimum absolute atomic E-state index is 0.171. The third-order valence-electron chi connectivity index (χ3n) is 6.05. The first kappa shape index (κ1) is 21.2. The van der Waals surface area contributed by atoms with Crippen molar-refractivity contribution >= 4 is 11.9 Å². The van der Waals surface area contributed by atoms with Crippen LogP contribution in [0, 0.1) is 12.7 Å². The molecule has 0 aromatic heterocycles. The van der Waals surface area contributed by atoms with Gasteiger partial charge in [-0.15, -0.1) is 0 Å². The predicted molar refractivity (Wildman–Crippen MR) is 123 cm³/mol. The molecule has 0 N–H and O–H groups in total. The number of carbonyl (C=O) groups is 1. The summed E-state index contributed by atoms with van der Waals surface area (Å²) >= 11 is 0.